The minimum atomic E-state index is -3.72. The van der Waals surface area contributed by atoms with Crippen molar-refractivity contribution in [1.82, 2.24) is 14.5 Å². The fourth-order valence-electron chi connectivity index (χ4n) is 3.24. The number of halogens is 1. The number of sulfonamides is 1. The number of nitrogens with one attached hydrogen (secondary N) is 1. The molecule has 28 heavy (non-hydrogen) atoms. The van der Waals surface area contributed by atoms with Gasteiger partial charge in [-0.05, 0) is 38.0 Å². The number of carbonyl (C=O) groups is 1. The Morgan fingerprint density at radius 3 is 2.29 bits per heavy atom. The Bertz CT molecular complexity index is 856. The predicted octanol–water partition coefficient (Wildman–Crippen LogP) is 2.33. The van der Waals surface area contributed by atoms with Crippen molar-refractivity contribution in [2.24, 2.45) is 5.92 Å². The molecule has 1 atom stereocenters. The van der Waals surface area contributed by atoms with Gasteiger partial charge in [0.25, 0.3) is 5.91 Å². The first-order chi connectivity index (χ1) is 13.1. The maximum Gasteiger partial charge on any atom is 0.255 e. The third-order valence-electron chi connectivity index (χ3n) is 4.63. The summed E-state index contributed by atoms with van der Waals surface area (Å²) in [6, 6.07) is 6.03. The zero-order chi connectivity index (χ0) is 21.1. The Labute approximate surface area is 172 Å². The number of hydrogen-bond donors (Lipinski definition) is 1. The molecule has 9 heteroatoms. The summed E-state index contributed by atoms with van der Waals surface area (Å²) in [6.45, 7) is 9.56. The molecule has 1 aromatic rings. The molecule has 0 bridgehead atoms. The van der Waals surface area contributed by atoms with Crippen LogP contribution >= 0.6 is 11.6 Å². The van der Waals surface area contributed by atoms with Crippen molar-refractivity contribution in [2.75, 3.05) is 26.2 Å². The number of benzene rings is 1. The average molecular weight is 427 g/mol. The number of hydrogen-bond acceptors (Lipinski definition) is 5. The standard InChI is InChI=1S/C19H27ClN4O3S/c1-13(2)18(12-21)23-7-9-24(10-8-23)19(25)16-11-15(5-6-17(16)20)28(26,27)22-14(3)4/h5-6,11,13-14,18,22H,7-10H2,1-4H3. The van der Waals surface area contributed by atoms with Gasteiger partial charge in [-0.2, -0.15) is 5.26 Å². The number of piperazine rings is 1. The van der Waals surface area contributed by atoms with E-state index in [0.29, 0.717) is 26.2 Å². The fraction of sp³-hybridized carbons (Fsp3) is 0.579. The van der Waals surface area contributed by atoms with E-state index in [0.717, 1.165) is 0 Å². The van der Waals surface area contributed by atoms with E-state index in [2.05, 4.69) is 15.7 Å². The van der Waals surface area contributed by atoms with Gasteiger partial charge in [-0.15, -0.1) is 0 Å². The second-order valence-electron chi connectivity index (χ2n) is 7.56. The van der Waals surface area contributed by atoms with Gasteiger partial charge in [0.15, 0.2) is 0 Å². The Morgan fingerprint density at radius 2 is 1.79 bits per heavy atom. The van der Waals surface area contributed by atoms with Gasteiger partial charge in [0.2, 0.25) is 10.0 Å². The molecule has 1 aliphatic rings. The lowest BCUT2D eigenvalue weighted by Gasteiger charge is -2.38. The molecule has 0 saturated carbocycles. The summed E-state index contributed by atoms with van der Waals surface area (Å²) in [4.78, 5) is 16.7. The van der Waals surface area contributed by atoms with Crippen LogP contribution in [0.15, 0.2) is 23.1 Å². The molecule has 1 heterocycles. The highest BCUT2D eigenvalue weighted by molar-refractivity contribution is 7.89. The summed E-state index contributed by atoms with van der Waals surface area (Å²) in [5, 5.41) is 9.57. The molecule has 1 aromatic carbocycles. The highest BCUT2D eigenvalue weighted by Gasteiger charge is 2.29. The van der Waals surface area contributed by atoms with E-state index in [1.165, 1.54) is 18.2 Å². The molecule has 2 rings (SSSR count). The molecule has 154 valence electrons. The van der Waals surface area contributed by atoms with E-state index in [1.54, 1.807) is 18.7 Å². The van der Waals surface area contributed by atoms with Gasteiger partial charge in [0, 0.05) is 32.2 Å². The lowest BCUT2D eigenvalue weighted by Crippen LogP contribution is -2.52. The number of rotatable bonds is 6. The van der Waals surface area contributed by atoms with Crippen LogP contribution in [0, 0.1) is 17.2 Å². The van der Waals surface area contributed by atoms with Crippen LogP contribution in [-0.4, -0.2) is 62.4 Å². The van der Waals surface area contributed by atoms with Crippen LogP contribution in [0.3, 0.4) is 0 Å². The van der Waals surface area contributed by atoms with Gasteiger partial charge in [0.1, 0.15) is 6.04 Å². The van der Waals surface area contributed by atoms with Gasteiger partial charge < -0.3 is 4.90 Å². The molecule has 0 aliphatic carbocycles. The second kappa shape index (κ2) is 9.23. The number of carbonyl (C=O) groups excluding carboxylic acids is 1. The van der Waals surface area contributed by atoms with E-state index in [4.69, 9.17) is 11.6 Å². The minimum absolute atomic E-state index is 0.0111. The third kappa shape index (κ3) is 5.23. The van der Waals surface area contributed by atoms with Crippen LogP contribution in [0.2, 0.25) is 5.02 Å². The first-order valence-corrected chi connectivity index (χ1v) is 11.2. The summed E-state index contributed by atoms with van der Waals surface area (Å²) in [5.74, 6) is -0.0960. The maximum atomic E-state index is 12.9. The molecular formula is C19H27ClN4O3S. The Balaban J connectivity index is 2.17. The summed E-state index contributed by atoms with van der Waals surface area (Å²) in [6.07, 6.45) is 0. The zero-order valence-corrected chi connectivity index (χ0v) is 18.2. The molecule has 0 spiro atoms. The minimum Gasteiger partial charge on any atom is -0.336 e. The van der Waals surface area contributed by atoms with E-state index in [1.807, 2.05) is 13.8 Å². The lowest BCUT2D eigenvalue weighted by atomic mass is 10.0. The summed E-state index contributed by atoms with van der Waals surface area (Å²) >= 11 is 6.19. The van der Waals surface area contributed by atoms with E-state index >= 15 is 0 Å². The number of nitriles is 1. The highest BCUT2D eigenvalue weighted by atomic mass is 35.5. The lowest BCUT2D eigenvalue weighted by molar-refractivity contribution is 0.0576. The van der Waals surface area contributed by atoms with Gasteiger partial charge >= 0.3 is 0 Å². The van der Waals surface area contributed by atoms with Crippen LogP contribution in [-0.2, 0) is 10.0 Å². The molecule has 0 aromatic heterocycles. The summed E-state index contributed by atoms with van der Waals surface area (Å²) < 4.78 is 27.3. The Kier molecular flexibility index (Phi) is 7.46. The van der Waals surface area contributed by atoms with Crippen LogP contribution in [0.1, 0.15) is 38.1 Å². The third-order valence-corrected chi connectivity index (χ3v) is 6.61. The van der Waals surface area contributed by atoms with Crippen LogP contribution in [0.5, 0.6) is 0 Å². The molecule has 1 aliphatic heterocycles. The van der Waals surface area contributed by atoms with Crippen LogP contribution < -0.4 is 4.72 Å². The zero-order valence-electron chi connectivity index (χ0n) is 16.6. The quantitative estimate of drug-likeness (QED) is 0.753. The predicted molar refractivity (Wildman–Crippen MR) is 109 cm³/mol. The van der Waals surface area contributed by atoms with Gasteiger partial charge in [-0.25, -0.2) is 13.1 Å². The maximum absolute atomic E-state index is 12.9. The molecule has 1 amide bonds. The van der Waals surface area contributed by atoms with Gasteiger partial charge in [-0.1, -0.05) is 25.4 Å². The molecule has 0 radical (unpaired) electrons. The van der Waals surface area contributed by atoms with Crippen LogP contribution in [0.25, 0.3) is 0 Å². The van der Waals surface area contributed by atoms with Crippen molar-refractivity contribution in [2.45, 2.75) is 44.7 Å². The second-order valence-corrected chi connectivity index (χ2v) is 9.68. The van der Waals surface area contributed by atoms with E-state index in [-0.39, 0.29) is 39.4 Å². The van der Waals surface area contributed by atoms with Crippen molar-refractivity contribution in [1.29, 1.82) is 5.26 Å². The molecule has 7 nitrogen and oxygen atoms in total. The number of amides is 1. The smallest absolute Gasteiger partial charge is 0.255 e. The normalized spacial score (nSPS) is 17.0. The molecule has 1 saturated heterocycles. The van der Waals surface area contributed by atoms with Crippen molar-refractivity contribution >= 4 is 27.5 Å². The summed E-state index contributed by atoms with van der Waals surface area (Å²) in [5.41, 5.74) is 0.169. The Hall–Kier alpha value is -1.66. The molecule has 1 unspecified atom stereocenters. The van der Waals surface area contributed by atoms with Crippen molar-refractivity contribution in [3.8, 4) is 6.07 Å². The van der Waals surface area contributed by atoms with Crippen molar-refractivity contribution in [3.63, 3.8) is 0 Å². The molecular weight excluding hydrogens is 400 g/mol. The SMILES string of the molecule is CC(C)NS(=O)(=O)c1ccc(Cl)c(C(=O)N2CCN(C(C#N)C(C)C)CC2)c1. The topological polar surface area (TPSA) is 93.5 Å². The first-order valence-electron chi connectivity index (χ1n) is 9.31. The van der Waals surface area contributed by atoms with Crippen LogP contribution in [0.4, 0.5) is 0 Å². The fourth-order valence-corrected chi connectivity index (χ4v) is 4.71. The average Bonchev–Trinajstić information content (AvgIpc) is 2.61. The molecule has 1 N–H and O–H groups in total. The monoisotopic (exact) mass is 426 g/mol. The Morgan fingerprint density at radius 1 is 1.18 bits per heavy atom. The van der Waals surface area contributed by atoms with E-state index < -0.39 is 10.0 Å². The number of nitrogens with zero attached hydrogens (tertiary/aromatic N) is 3. The largest absolute Gasteiger partial charge is 0.336 e. The van der Waals surface area contributed by atoms with Crippen molar-refractivity contribution in [3.05, 3.63) is 28.8 Å². The van der Waals surface area contributed by atoms with Crippen molar-refractivity contribution < 1.29 is 13.2 Å². The molecule has 1 fully saturated rings. The first kappa shape index (κ1) is 22.6. The van der Waals surface area contributed by atoms with Gasteiger partial charge in [-0.3, -0.25) is 9.69 Å². The van der Waals surface area contributed by atoms with Gasteiger partial charge in [0.05, 0.1) is 21.6 Å². The van der Waals surface area contributed by atoms with E-state index in [9.17, 15) is 18.5 Å². The highest BCUT2D eigenvalue weighted by Crippen LogP contribution is 2.23. The summed E-state index contributed by atoms with van der Waals surface area (Å²) in [7, 11) is -3.72.